The summed E-state index contributed by atoms with van der Waals surface area (Å²) < 4.78 is 8.37. The number of benzene rings is 6. The number of hydrogen-bond acceptors (Lipinski definition) is 2. The average molecular weight is 511 g/mol. The van der Waals surface area contributed by atoms with Crippen molar-refractivity contribution in [1.82, 2.24) is 4.57 Å². The van der Waals surface area contributed by atoms with Gasteiger partial charge in [-0.1, -0.05) is 66.7 Å². The van der Waals surface area contributed by atoms with Crippen molar-refractivity contribution in [3.05, 3.63) is 139 Å². The second-order valence-electron chi connectivity index (χ2n) is 10.1. The van der Waals surface area contributed by atoms with E-state index in [0.717, 1.165) is 38.8 Å². The second kappa shape index (κ2) is 8.73. The highest BCUT2D eigenvalue weighted by Crippen LogP contribution is 2.37. The molecule has 186 valence electrons. The Morgan fingerprint density at radius 2 is 1.10 bits per heavy atom. The fraction of sp³-hybridized carbons (Fsp3) is 0. The van der Waals surface area contributed by atoms with E-state index in [1.165, 1.54) is 32.9 Å². The zero-order chi connectivity index (χ0) is 26.6. The molecule has 0 radical (unpaired) electrons. The molecule has 3 nitrogen and oxygen atoms in total. The molecular weight excluding hydrogens is 488 g/mol. The Morgan fingerprint density at radius 3 is 1.90 bits per heavy atom. The topological polar surface area (TPSA) is 41.9 Å². The van der Waals surface area contributed by atoms with Crippen LogP contribution in [0.4, 0.5) is 0 Å². The Bertz CT molecular complexity index is 2280. The van der Waals surface area contributed by atoms with Gasteiger partial charge in [0.05, 0.1) is 22.7 Å². The minimum Gasteiger partial charge on any atom is -0.456 e. The van der Waals surface area contributed by atoms with E-state index in [1.807, 2.05) is 18.2 Å². The van der Waals surface area contributed by atoms with Crippen molar-refractivity contribution in [2.75, 3.05) is 0 Å². The van der Waals surface area contributed by atoms with E-state index in [-0.39, 0.29) is 0 Å². The monoisotopic (exact) mass is 510 g/mol. The molecule has 0 fully saturated rings. The molecule has 2 heterocycles. The zero-order valence-electron chi connectivity index (χ0n) is 21.5. The third-order valence-corrected chi connectivity index (χ3v) is 7.81. The van der Waals surface area contributed by atoms with Crippen LogP contribution in [0.15, 0.2) is 138 Å². The van der Waals surface area contributed by atoms with E-state index in [9.17, 15) is 5.26 Å². The number of aromatic nitrogens is 1. The normalized spacial score (nSPS) is 11.5. The summed E-state index contributed by atoms with van der Waals surface area (Å²) >= 11 is 0. The van der Waals surface area contributed by atoms with Gasteiger partial charge in [0.1, 0.15) is 11.2 Å². The fourth-order valence-electron chi connectivity index (χ4n) is 5.91. The van der Waals surface area contributed by atoms with Crippen molar-refractivity contribution in [2.45, 2.75) is 0 Å². The lowest BCUT2D eigenvalue weighted by Gasteiger charge is -2.09. The van der Waals surface area contributed by atoms with Gasteiger partial charge in [0.2, 0.25) is 0 Å². The number of para-hydroxylation sites is 2. The summed E-state index contributed by atoms with van der Waals surface area (Å²) in [5.41, 5.74) is 10.4. The molecule has 8 rings (SSSR count). The van der Waals surface area contributed by atoms with Gasteiger partial charge in [0.25, 0.3) is 0 Å². The van der Waals surface area contributed by atoms with Crippen LogP contribution >= 0.6 is 0 Å². The van der Waals surface area contributed by atoms with Gasteiger partial charge >= 0.3 is 0 Å². The smallest absolute Gasteiger partial charge is 0.135 e. The third-order valence-electron chi connectivity index (χ3n) is 7.81. The predicted molar refractivity (Wildman–Crippen MR) is 164 cm³/mol. The molecule has 0 aliphatic carbocycles. The highest BCUT2D eigenvalue weighted by Gasteiger charge is 2.14. The Balaban J connectivity index is 1.26. The average Bonchev–Trinajstić information content (AvgIpc) is 3.56. The molecule has 0 saturated carbocycles. The molecule has 0 aliphatic heterocycles. The van der Waals surface area contributed by atoms with Crippen molar-refractivity contribution in [2.24, 2.45) is 0 Å². The standard InChI is InChI=1S/C37H22N2O/c38-23-24-13-17-36-32(19-24)33-22-28(15-18-37(33)40-36)26-8-6-7-25(20-26)27-14-16-35-31(21-27)30-11-4-5-12-34(30)39(35)29-9-2-1-3-10-29/h1-22H. The quantitative estimate of drug-likeness (QED) is 0.237. The van der Waals surface area contributed by atoms with E-state index in [2.05, 4.69) is 120 Å². The molecule has 0 N–H and O–H groups in total. The van der Waals surface area contributed by atoms with E-state index < -0.39 is 0 Å². The number of nitrogens with zero attached hydrogens (tertiary/aromatic N) is 2. The minimum absolute atomic E-state index is 0.631. The maximum atomic E-state index is 9.38. The summed E-state index contributed by atoms with van der Waals surface area (Å²) in [6.07, 6.45) is 0. The first-order valence-electron chi connectivity index (χ1n) is 13.3. The van der Waals surface area contributed by atoms with Gasteiger partial charge in [-0.15, -0.1) is 0 Å². The molecule has 8 aromatic rings. The highest BCUT2D eigenvalue weighted by atomic mass is 16.3. The number of furan rings is 1. The Labute approximate surface area is 230 Å². The van der Waals surface area contributed by atoms with Crippen molar-refractivity contribution in [3.8, 4) is 34.0 Å². The van der Waals surface area contributed by atoms with Gasteiger partial charge in [-0.2, -0.15) is 5.26 Å². The summed E-state index contributed by atoms with van der Waals surface area (Å²) in [6, 6.07) is 48.7. The lowest BCUT2D eigenvalue weighted by molar-refractivity contribution is 0.669. The van der Waals surface area contributed by atoms with Crippen LogP contribution in [0.5, 0.6) is 0 Å². The molecule has 0 saturated heterocycles. The lowest BCUT2D eigenvalue weighted by atomic mass is 9.97. The van der Waals surface area contributed by atoms with Crippen LogP contribution in [0.3, 0.4) is 0 Å². The second-order valence-corrected chi connectivity index (χ2v) is 10.1. The SMILES string of the molecule is N#Cc1ccc2oc3ccc(-c4cccc(-c5ccc6c(c5)c5ccccc5n6-c5ccccc5)c4)cc3c2c1. The summed E-state index contributed by atoms with van der Waals surface area (Å²) in [7, 11) is 0. The maximum absolute atomic E-state index is 9.38. The number of hydrogen-bond donors (Lipinski definition) is 0. The Morgan fingerprint density at radius 1 is 0.475 bits per heavy atom. The summed E-state index contributed by atoms with van der Waals surface area (Å²) in [4.78, 5) is 0. The first kappa shape index (κ1) is 22.4. The molecule has 40 heavy (non-hydrogen) atoms. The first-order valence-corrected chi connectivity index (χ1v) is 13.3. The molecule has 0 atom stereocenters. The van der Waals surface area contributed by atoms with Gasteiger partial charge < -0.3 is 8.98 Å². The van der Waals surface area contributed by atoms with E-state index in [0.29, 0.717) is 5.56 Å². The van der Waals surface area contributed by atoms with Crippen LogP contribution in [0.1, 0.15) is 5.56 Å². The molecule has 0 spiro atoms. The van der Waals surface area contributed by atoms with Crippen molar-refractivity contribution >= 4 is 43.7 Å². The van der Waals surface area contributed by atoms with Gasteiger partial charge in [-0.05, 0) is 89.0 Å². The van der Waals surface area contributed by atoms with E-state index in [1.54, 1.807) is 6.07 Å². The van der Waals surface area contributed by atoms with Crippen LogP contribution < -0.4 is 0 Å². The van der Waals surface area contributed by atoms with Gasteiger partial charge in [-0.3, -0.25) is 0 Å². The van der Waals surface area contributed by atoms with Crippen molar-refractivity contribution < 1.29 is 4.42 Å². The maximum Gasteiger partial charge on any atom is 0.135 e. The fourth-order valence-corrected chi connectivity index (χ4v) is 5.91. The number of rotatable bonds is 3. The van der Waals surface area contributed by atoms with Crippen LogP contribution in [-0.4, -0.2) is 4.57 Å². The Kier molecular flexibility index (Phi) is 4.89. The van der Waals surface area contributed by atoms with Gasteiger partial charge in [0, 0.05) is 27.2 Å². The lowest BCUT2D eigenvalue weighted by Crippen LogP contribution is -1.92. The third kappa shape index (κ3) is 3.44. The minimum atomic E-state index is 0.631. The molecular formula is C37H22N2O. The Hall–Kier alpha value is -5.59. The van der Waals surface area contributed by atoms with Gasteiger partial charge in [-0.25, -0.2) is 0 Å². The molecule has 6 aromatic carbocycles. The molecule has 3 heteroatoms. The predicted octanol–water partition coefficient (Wildman–Crippen LogP) is 9.89. The number of nitriles is 1. The largest absolute Gasteiger partial charge is 0.456 e. The van der Waals surface area contributed by atoms with Gasteiger partial charge in [0.15, 0.2) is 0 Å². The summed E-state index contributed by atoms with van der Waals surface area (Å²) in [6.45, 7) is 0. The zero-order valence-corrected chi connectivity index (χ0v) is 21.5. The summed E-state index contributed by atoms with van der Waals surface area (Å²) in [5.74, 6) is 0. The molecule has 0 aliphatic rings. The van der Waals surface area contributed by atoms with Crippen LogP contribution in [0.2, 0.25) is 0 Å². The van der Waals surface area contributed by atoms with Crippen LogP contribution in [0, 0.1) is 11.3 Å². The van der Waals surface area contributed by atoms with Crippen LogP contribution in [-0.2, 0) is 0 Å². The van der Waals surface area contributed by atoms with Crippen molar-refractivity contribution in [1.29, 1.82) is 5.26 Å². The first-order chi connectivity index (χ1) is 19.8. The molecule has 2 aromatic heterocycles. The summed E-state index contributed by atoms with van der Waals surface area (Å²) in [5, 5.41) is 13.8. The van der Waals surface area contributed by atoms with Crippen molar-refractivity contribution in [3.63, 3.8) is 0 Å². The van der Waals surface area contributed by atoms with E-state index >= 15 is 0 Å². The molecule has 0 bridgehead atoms. The van der Waals surface area contributed by atoms with Crippen LogP contribution in [0.25, 0.3) is 71.7 Å². The van der Waals surface area contributed by atoms with E-state index in [4.69, 9.17) is 4.42 Å². The molecule has 0 amide bonds. The highest BCUT2D eigenvalue weighted by molar-refractivity contribution is 6.10. The molecule has 0 unspecified atom stereocenters. The number of fused-ring (bicyclic) bond motifs is 6.